The lowest BCUT2D eigenvalue weighted by molar-refractivity contribution is -0.137. The van der Waals surface area contributed by atoms with Gasteiger partial charge in [0.1, 0.15) is 0 Å². The Labute approximate surface area is 230 Å². The number of hydrogen-bond acceptors (Lipinski definition) is 3. The molecule has 0 N–H and O–H groups in total. The highest BCUT2D eigenvalue weighted by Gasteiger charge is 2.32. The smallest absolute Gasteiger partial charge is 0.416 e. The first-order valence-electron chi connectivity index (χ1n) is 12.8. The molecule has 0 fully saturated rings. The van der Waals surface area contributed by atoms with E-state index in [1.165, 1.54) is 13.2 Å². The summed E-state index contributed by atoms with van der Waals surface area (Å²) in [5.74, 6) is -1.26. The average molecular weight is 556 g/mol. The van der Waals surface area contributed by atoms with Crippen LogP contribution in [0.25, 0.3) is 16.6 Å². The van der Waals surface area contributed by atoms with Gasteiger partial charge in [0.25, 0.3) is 0 Å². The van der Waals surface area contributed by atoms with E-state index in [0.29, 0.717) is 27.9 Å². The SMILES string of the molecule is CCCCCCC(C(=O)c1cc2cc(Cl)ccc2n1-c1cccc(C(F)(F)F)c1)c1ccc(C(=O)OC)cc1. The number of fused-ring (bicyclic) bond motifs is 1. The van der Waals surface area contributed by atoms with Gasteiger partial charge in [-0.25, -0.2) is 4.79 Å². The predicted octanol–water partition coefficient (Wildman–Crippen LogP) is 9.03. The van der Waals surface area contributed by atoms with E-state index in [1.54, 1.807) is 59.2 Å². The van der Waals surface area contributed by atoms with Gasteiger partial charge in [0.2, 0.25) is 0 Å². The quantitative estimate of drug-likeness (QED) is 0.111. The molecule has 0 saturated heterocycles. The molecule has 4 aromatic rings. The maximum absolute atomic E-state index is 14.2. The molecule has 0 amide bonds. The van der Waals surface area contributed by atoms with E-state index in [4.69, 9.17) is 16.3 Å². The minimum absolute atomic E-state index is 0.220. The standard InChI is InChI=1S/C31H29ClF3NO3/c1-3-4-5-6-10-26(20-11-13-21(14-12-20)30(38)39-2)29(37)28-18-22-17-24(32)15-16-27(22)36(28)25-9-7-8-23(19-25)31(33,34)35/h7-9,11-19,26H,3-6,10H2,1-2H3. The van der Waals surface area contributed by atoms with E-state index in [2.05, 4.69) is 6.92 Å². The van der Waals surface area contributed by atoms with Crippen molar-refractivity contribution in [3.8, 4) is 5.69 Å². The zero-order valence-electron chi connectivity index (χ0n) is 21.7. The molecule has 1 aromatic heterocycles. The molecule has 0 saturated carbocycles. The first-order chi connectivity index (χ1) is 18.6. The molecule has 0 radical (unpaired) electrons. The minimum Gasteiger partial charge on any atom is -0.465 e. The molecule has 0 aliphatic heterocycles. The molecule has 4 rings (SSSR count). The molecule has 1 heterocycles. The van der Waals surface area contributed by atoms with Gasteiger partial charge in [-0.2, -0.15) is 13.2 Å². The Morgan fingerprint density at radius 3 is 2.36 bits per heavy atom. The summed E-state index contributed by atoms with van der Waals surface area (Å²) < 4.78 is 47.1. The van der Waals surface area contributed by atoms with Crippen molar-refractivity contribution < 1.29 is 27.5 Å². The van der Waals surface area contributed by atoms with E-state index < -0.39 is 23.6 Å². The summed E-state index contributed by atoms with van der Waals surface area (Å²) in [4.78, 5) is 26.2. The van der Waals surface area contributed by atoms with Gasteiger partial charge in [-0.05, 0) is 66.6 Å². The van der Waals surface area contributed by atoms with Crippen LogP contribution in [0.1, 0.15) is 76.9 Å². The predicted molar refractivity (Wildman–Crippen MR) is 147 cm³/mol. The maximum atomic E-state index is 14.2. The number of methoxy groups -OCH3 is 1. The van der Waals surface area contributed by atoms with Crippen molar-refractivity contribution in [2.45, 2.75) is 51.1 Å². The molecule has 1 unspecified atom stereocenters. The van der Waals surface area contributed by atoms with Gasteiger partial charge >= 0.3 is 12.1 Å². The largest absolute Gasteiger partial charge is 0.465 e. The van der Waals surface area contributed by atoms with Gasteiger partial charge in [-0.15, -0.1) is 0 Å². The fourth-order valence-electron chi connectivity index (χ4n) is 4.84. The Morgan fingerprint density at radius 2 is 1.69 bits per heavy atom. The number of hydrogen-bond donors (Lipinski definition) is 0. The van der Waals surface area contributed by atoms with Crippen molar-refractivity contribution in [1.82, 2.24) is 4.57 Å². The lowest BCUT2D eigenvalue weighted by Crippen LogP contribution is -2.17. The van der Waals surface area contributed by atoms with E-state index in [-0.39, 0.29) is 17.2 Å². The summed E-state index contributed by atoms with van der Waals surface area (Å²) in [6.07, 6.45) is -0.148. The molecule has 3 aromatic carbocycles. The fraction of sp³-hybridized carbons (Fsp3) is 0.290. The maximum Gasteiger partial charge on any atom is 0.416 e. The fourth-order valence-corrected chi connectivity index (χ4v) is 5.02. The number of aromatic nitrogens is 1. The Bertz CT molecular complexity index is 1470. The number of ether oxygens (including phenoxy) is 1. The molecule has 0 spiro atoms. The Hall–Kier alpha value is -3.58. The van der Waals surface area contributed by atoms with Crippen molar-refractivity contribution in [1.29, 1.82) is 0 Å². The number of carbonyl (C=O) groups is 2. The van der Waals surface area contributed by atoms with Crippen LogP contribution in [0.4, 0.5) is 13.2 Å². The zero-order valence-corrected chi connectivity index (χ0v) is 22.5. The molecule has 0 aliphatic carbocycles. The summed E-state index contributed by atoms with van der Waals surface area (Å²) in [6.45, 7) is 2.10. The second kappa shape index (κ2) is 12.1. The molecule has 39 heavy (non-hydrogen) atoms. The van der Waals surface area contributed by atoms with Gasteiger partial charge in [0.15, 0.2) is 5.78 Å². The number of benzene rings is 3. The topological polar surface area (TPSA) is 48.3 Å². The number of ketones is 1. The number of carbonyl (C=O) groups excluding carboxylic acids is 2. The summed E-state index contributed by atoms with van der Waals surface area (Å²) in [5.41, 5.74) is 1.37. The molecule has 204 valence electrons. The summed E-state index contributed by atoms with van der Waals surface area (Å²) in [5, 5.41) is 1.10. The second-order valence-electron chi connectivity index (χ2n) is 9.50. The minimum atomic E-state index is -4.53. The number of alkyl halides is 3. The Kier molecular flexibility index (Phi) is 8.80. The van der Waals surface area contributed by atoms with E-state index in [9.17, 15) is 22.8 Å². The summed E-state index contributed by atoms with van der Waals surface area (Å²) >= 11 is 6.22. The van der Waals surface area contributed by atoms with Crippen LogP contribution >= 0.6 is 11.6 Å². The first-order valence-corrected chi connectivity index (χ1v) is 13.2. The van der Waals surface area contributed by atoms with Gasteiger partial charge in [-0.1, -0.05) is 62.4 Å². The van der Waals surface area contributed by atoms with Crippen molar-refractivity contribution in [3.63, 3.8) is 0 Å². The van der Waals surface area contributed by atoms with Crippen LogP contribution < -0.4 is 0 Å². The van der Waals surface area contributed by atoms with Crippen molar-refractivity contribution in [3.05, 3.63) is 100 Å². The highest BCUT2D eigenvalue weighted by atomic mass is 35.5. The van der Waals surface area contributed by atoms with Crippen LogP contribution in [0.5, 0.6) is 0 Å². The molecule has 0 aliphatic rings. The van der Waals surface area contributed by atoms with Crippen LogP contribution in [-0.2, 0) is 10.9 Å². The van der Waals surface area contributed by atoms with Crippen molar-refractivity contribution in [2.75, 3.05) is 7.11 Å². The number of rotatable bonds is 10. The normalized spacial score (nSPS) is 12.5. The molecule has 8 heteroatoms. The van der Waals surface area contributed by atoms with E-state index >= 15 is 0 Å². The highest BCUT2D eigenvalue weighted by Crippen LogP contribution is 2.35. The van der Waals surface area contributed by atoms with Crippen LogP contribution in [-0.4, -0.2) is 23.4 Å². The lowest BCUT2D eigenvalue weighted by atomic mass is 9.87. The number of nitrogens with zero attached hydrogens (tertiary/aromatic N) is 1. The van der Waals surface area contributed by atoms with Gasteiger partial charge < -0.3 is 9.30 Å². The lowest BCUT2D eigenvalue weighted by Gasteiger charge is -2.19. The number of halogens is 4. The third-order valence-corrected chi connectivity index (χ3v) is 7.08. The number of Topliss-reactive ketones (excluding diaryl/α,β-unsaturated/α-hetero) is 1. The summed E-state index contributed by atoms with van der Waals surface area (Å²) in [6, 6.07) is 18.4. The summed E-state index contributed by atoms with van der Waals surface area (Å²) in [7, 11) is 1.30. The monoisotopic (exact) mass is 555 g/mol. The molecule has 0 bridgehead atoms. The van der Waals surface area contributed by atoms with Crippen molar-refractivity contribution >= 4 is 34.3 Å². The van der Waals surface area contributed by atoms with E-state index in [0.717, 1.165) is 43.4 Å². The van der Waals surface area contributed by atoms with E-state index in [1.807, 2.05) is 0 Å². The zero-order chi connectivity index (χ0) is 28.2. The van der Waals surface area contributed by atoms with Crippen molar-refractivity contribution in [2.24, 2.45) is 0 Å². The third-order valence-electron chi connectivity index (χ3n) is 6.84. The highest BCUT2D eigenvalue weighted by molar-refractivity contribution is 6.31. The van der Waals surface area contributed by atoms with Gasteiger partial charge in [-0.3, -0.25) is 4.79 Å². The molecular formula is C31H29ClF3NO3. The van der Waals surface area contributed by atoms with Crippen LogP contribution in [0.15, 0.2) is 72.8 Å². The third kappa shape index (κ3) is 6.36. The van der Waals surface area contributed by atoms with Crippen LogP contribution in [0.3, 0.4) is 0 Å². The Morgan fingerprint density at radius 1 is 0.949 bits per heavy atom. The Balaban J connectivity index is 1.84. The second-order valence-corrected chi connectivity index (χ2v) is 9.93. The molecule has 1 atom stereocenters. The van der Waals surface area contributed by atoms with Crippen LogP contribution in [0.2, 0.25) is 5.02 Å². The van der Waals surface area contributed by atoms with Crippen LogP contribution in [0, 0.1) is 0 Å². The first kappa shape index (κ1) is 28.4. The number of unbranched alkanes of at least 4 members (excludes halogenated alkanes) is 3. The molecule has 4 nitrogen and oxygen atoms in total. The number of esters is 1. The van der Waals surface area contributed by atoms with Gasteiger partial charge in [0, 0.05) is 22.0 Å². The average Bonchev–Trinajstić information content (AvgIpc) is 3.30. The molecular weight excluding hydrogens is 527 g/mol. The van der Waals surface area contributed by atoms with Gasteiger partial charge in [0.05, 0.1) is 29.4 Å².